The van der Waals surface area contributed by atoms with Gasteiger partial charge < -0.3 is 23.7 Å². The second-order valence-electron chi connectivity index (χ2n) is 9.89. The van der Waals surface area contributed by atoms with Gasteiger partial charge in [-0.2, -0.15) is 0 Å². The molecule has 2 aliphatic carbocycles. The lowest BCUT2D eigenvalue weighted by molar-refractivity contribution is -0.234. The molecule has 1 spiro atoms. The molecule has 0 radical (unpaired) electrons. The summed E-state index contributed by atoms with van der Waals surface area (Å²) in [4.78, 5) is 37.1. The van der Waals surface area contributed by atoms with Gasteiger partial charge in [0.25, 0.3) is 0 Å². The van der Waals surface area contributed by atoms with Crippen LogP contribution >= 0.6 is 0 Å². The number of rotatable bonds is 6. The molecule has 0 amide bonds. The highest BCUT2D eigenvalue weighted by Crippen LogP contribution is 2.68. The first-order valence-electron chi connectivity index (χ1n) is 11.3. The fourth-order valence-corrected chi connectivity index (χ4v) is 6.51. The molecule has 1 aromatic heterocycles. The van der Waals surface area contributed by atoms with Crippen molar-refractivity contribution >= 4 is 17.7 Å². The number of furan rings is 1. The molecule has 0 bridgehead atoms. The van der Waals surface area contributed by atoms with Gasteiger partial charge in [0.2, 0.25) is 0 Å². The molecule has 3 fully saturated rings. The summed E-state index contributed by atoms with van der Waals surface area (Å²) in [6.07, 6.45) is 3.89. The third-order valence-corrected chi connectivity index (χ3v) is 8.43. The van der Waals surface area contributed by atoms with Crippen molar-refractivity contribution in [3.63, 3.8) is 0 Å². The molecule has 4 rings (SSSR count). The molecule has 176 valence electrons. The van der Waals surface area contributed by atoms with Crippen molar-refractivity contribution in [1.29, 1.82) is 0 Å². The molecule has 7 unspecified atom stereocenters. The fourth-order valence-electron chi connectivity index (χ4n) is 6.51. The zero-order valence-electron chi connectivity index (χ0n) is 19.1. The summed E-state index contributed by atoms with van der Waals surface area (Å²) in [5.41, 5.74) is -1.70. The molecule has 1 saturated heterocycles. The first-order valence-corrected chi connectivity index (χ1v) is 11.3. The molecule has 0 aromatic carbocycles. The maximum Gasteiger partial charge on any atom is 0.303 e. The number of hydrogen-bond acceptors (Lipinski definition) is 8. The third-order valence-electron chi connectivity index (χ3n) is 8.43. The van der Waals surface area contributed by atoms with Crippen LogP contribution in [0.25, 0.3) is 0 Å². The van der Waals surface area contributed by atoms with Crippen LogP contribution in [0.3, 0.4) is 0 Å². The Kier molecular flexibility index (Phi) is 5.74. The topological polar surface area (TPSA) is 116 Å². The Hall–Kier alpha value is -2.19. The number of hydrogen-bond donors (Lipinski definition) is 1. The van der Waals surface area contributed by atoms with Crippen molar-refractivity contribution in [2.24, 2.45) is 22.7 Å². The van der Waals surface area contributed by atoms with E-state index in [4.69, 9.17) is 18.6 Å². The van der Waals surface area contributed by atoms with Crippen molar-refractivity contribution < 1.29 is 38.1 Å². The van der Waals surface area contributed by atoms with E-state index in [-0.39, 0.29) is 24.9 Å². The average Bonchev–Trinajstić information content (AvgIpc) is 3.36. The Morgan fingerprint density at radius 1 is 1.25 bits per heavy atom. The first kappa shape index (κ1) is 23.0. The highest BCUT2D eigenvalue weighted by atomic mass is 16.6. The van der Waals surface area contributed by atoms with E-state index in [1.165, 1.54) is 13.8 Å². The summed E-state index contributed by atoms with van der Waals surface area (Å²) in [5.74, 6) is -1.82. The van der Waals surface area contributed by atoms with Crippen molar-refractivity contribution in [3.8, 4) is 0 Å². The quantitative estimate of drug-likeness (QED) is 0.521. The Morgan fingerprint density at radius 2 is 1.97 bits per heavy atom. The van der Waals surface area contributed by atoms with Crippen LogP contribution in [0.15, 0.2) is 23.0 Å². The number of aryl methyl sites for hydroxylation is 1. The standard InChI is InChI=1S/C24H32O8/c1-14-20(27)21(28)23(12-30-15(2)25)18(22(14,4)9-7-17-8-10-29-11-17)5-6-19(32-16(3)26)24(23)13-31-24/h8,10-11,14,18-19,21,28H,5-7,9,12-13H2,1-4H3. The predicted octanol–water partition coefficient (Wildman–Crippen LogP) is 2.46. The van der Waals surface area contributed by atoms with Crippen LogP contribution in [0.4, 0.5) is 0 Å². The number of carbonyl (C=O) groups excluding carboxylic acids is 3. The maximum absolute atomic E-state index is 13.5. The fraction of sp³-hybridized carbons (Fsp3) is 0.708. The minimum absolute atomic E-state index is 0.161. The lowest BCUT2D eigenvalue weighted by Gasteiger charge is -2.62. The Balaban J connectivity index is 1.78. The predicted molar refractivity (Wildman–Crippen MR) is 111 cm³/mol. The van der Waals surface area contributed by atoms with Gasteiger partial charge >= 0.3 is 11.9 Å². The summed E-state index contributed by atoms with van der Waals surface area (Å²) in [6, 6.07) is 1.91. The van der Waals surface area contributed by atoms with Gasteiger partial charge in [-0.15, -0.1) is 0 Å². The number of aliphatic hydroxyl groups is 1. The number of epoxide rings is 1. The van der Waals surface area contributed by atoms with Crippen LogP contribution in [-0.2, 0) is 35.0 Å². The molecule has 1 N–H and O–H groups in total. The van der Waals surface area contributed by atoms with Gasteiger partial charge in [-0.1, -0.05) is 13.8 Å². The molecular formula is C24H32O8. The second-order valence-corrected chi connectivity index (χ2v) is 9.89. The van der Waals surface area contributed by atoms with Crippen molar-refractivity contribution in [2.75, 3.05) is 13.2 Å². The van der Waals surface area contributed by atoms with Crippen molar-refractivity contribution in [1.82, 2.24) is 0 Å². The number of ether oxygens (including phenoxy) is 3. The SMILES string of the molecule is CC(=O)OCC12C(O)C(=O)C(C)C(C)(CCc3ccoc3)C1CCC(OC(C)=O)C21CO1. The van der Waals surface area contributed by atoms with Crippen LogP contribution in [-0.4, -0.2) is 53.9 Å². The van der Waals surface area contributed by atoms with Gasteiger partial charge in [0.15, 0.2) is 5.78 Å². The zero-order chi connectivity index (χ0) is 23.3. The van der Waals surface area contributed by atoms with Crippen molar-refractivity contribution in [2.45, 2.75) is 71.2 Å². The Labute approximate surface area is 187 Å². The summed E-state index contributed by atoms with van der Waals surface area (Å²) in [5, 5.41) is 11.4. The molecule has 8 nitrogen and oxygen atoms in total. The highest BCUT2D eigenvalue weighted by Gasteiger charge is 2.79. The molecule has 2 saturated carbocycles. The highest BCUT2D eigenvalue weighted by molar-refractivity contribution is 5.88. The number of esters is 2. The monoisotopic (exact) mass is 448 g/mol. The minimum Gasteiger partial charge on any atom is -0.472 e. The van der Waals surface area contributed by atoms with Crippen molar-refractivity contribution in [3.05, 3.63) is 24.2 Å². The van der Waals surface area contributed by atoms with E-state index in [1.807, 2.05) is 13.0 Å². The Bertz CT molecular complexity index is 888. The van der Waals surface area contributed by atoms with Crippen LogP contribution in [0, 0.1) is 22.7 Å². The zero-order valence-corrected chi connectivity index (χ0v) is 19.1. The van der Waals surface area contributed by atoms with Gasteiger partial charge in [-0.05, 0) is 48.6 Å². The smallest absolute Gasteiger partial charge is 0.303 e. The number of carbonyl (C=O) groups is 3. The minimum atomic E-state index is -1.38. The molecule has 7 atom stereocenters. The Morgan fingerprint density at radius 3 is 2.53 bits per heavy atom. The third kappa shape index (κ3) is 3.30. The molecule has 8 heteroatoms. The normalized spacial score (nSPS) is 40.6. The average molecular weight is 449 g/mol. The largest absolute Gasteiger partial charge is 0.472 e. The van der Waals surface area contributed by atoms with E-state index >= 15 is 0 Å². The van der Waals surface area contributed by atoms with Crippen LogP contribution in [0.1, 0.15) is 52.5 Å². The van der Waals surface area contributed by atoms with Crippen LogP contribution in [0.2, 0.25) is 0 Å². The van der Waals surface area contributed by atoms with Gasteiger partial charge in [-0.25, -0.2) is 0 Å². The van der Waals surface area contributed by atoms with Gasteiger partial charge in [-0.3, -0.25) is 14.4 Å². The number of fused-ring (bicyclic) bond motifs is 2. The van der Waals surface area contributed by atoms with E-state index in [0.717, 1.165) is 5.56 Å². The molecule has 3 aliphatic rings. The molecule has 1 aliphatic heterocycles. The number of aliphatic hydroxyl groups excluding tert-OH is 1. The molecular weight excluding hydrogens is 416 g/mol. The number of Topliss-reactive ketones (excluding diaryl/α,β-unsaturated/α-hetero) is 1. The van der Waals surface area contributed by atoms with Gasteiger partial charge in [0, 0.05) is 19.8 Å². The lowest BCUT2D eigenvalue weighted by Crippen LogP contribution is -2.72. The van der Waals surface area contributed by atoms with Gasteiger partial charge in [0.1, 0.15) is 24.4 Å². The summed E-state index contributed by atoms with van der Waals surface area (Å²) in [7, 11) is 0. The van der Waals surface area contributed by atoms with E-state index in [1.54, 1.807) is 12.5 Å². The van der Waals surface area contributed by atoms with E-state index in [9.17, 15) is 19.5 Å². The van der Waals surface area contributed by atoms with E-state index in [2.05, 4.69) is 6.92 Å². The molecule has 32 heavy (non-hydrogen) atoms. The lowest BCUT2D eigenvalue weighted by atomic mass is 9.42. The second kappa shape index (κ2) is 7.99. The van der Waals surface area contributed by atoms with Crippen LogP contribution < -0.4 is 0 Å². The number of ketones is 1. The van der Waals surface area contributed by atoms with E-state index < -0.39 is 46.5 Å². The summed E-state index contributed by atoms with van der Waals surface area (Å²) >= 11 is 0. The summed E-state index contributed by atoms with van der Waals surface area (Å²) in [6.45, 7) is 6.66. The first-order chi connectivity index (χ1) is 15.1. The summed E-state index contributed by atoms with van der Waals surface area (Å²) < 4.78 is 22.3. The molecule has 1 aromatic rings. The molecule has 2 heterocycles. The van der Waals surface area contributed by atoms with Gasteiger partial charge in [0.05, 0.1) is 24.5 Å². The van der Waals surface area contributed by atoms with E-state index in [0.29, 0.717) is 25.7 Å². The van der Waals surface area contributed by atoms with Crippen LogP contribution in [0.5, 0.6) is 0 Å². The maximum atomic E-state index is 13.5.